The quantitative estimate of drug-likeness (QED) is 0.663. The predicted octanol–water partition coefficient (Wildman–Crippen LogP) is 3.79. The molecule has 3 aromatic rings. The fourth-order valence-corrected chi connectivity index (χ4v) is 3.78. The number of urea groups is 1. The van der Waals surface area contributed by atoms with Crippen LogP contribution in [-0.2, 0) is 0 Å². The molecule has 2 aromatic heterocycles. The number of benzene rings is 1. The molecule has 1 N–H and O–H groups in total. The Bertz CT molecular complexity index is 1060. The number of carbonyl (C=O) groups excluding carboxylic acids is 1. The van der Waals surface area contributed by atoms with Gasteiger partial charge >= 0.3 is 6.03 Å². The fourth-order valence-electron chi connectivity index (χ4n) is 3.78. The lowest BCUT2D eigenvalue weighted by Crippen LogP contribution is -2.47. The molecule has 3 heterocycles. The maximum Gasteiger partial charge on any atom is 0.324 e. The van der Waals surface area contributed by atoms with Crippen molar-refractivity contribution in [3.63, 3.8) is 0 Å². The first-order chi connectivity index (χ1) is 14.9. The van der Waals surface area contributed by atoms with Gasteiger partial charge in [0, 0.05) is 43.2 Å². The second kappa shape index (κ2) is 8.93. The van der Waals surface area contributed by atoms with E-state index < -0.39 is 6.43 Å². The summed E-state index contributed by atoms with van der Waals surface area (Å²) in [6, 6.07) is 5.40. The number of alkyl halides is 2. The van der Waals surface area contributed by atoms with Gasteiger partial charge in [0.05, 0.1) is 18.3 Å². The van der Waals surface area contributed by atoms with E-state index in [4.69, 9.17) is 4.42 Å². The summed E-state index contributed by atoms with van der Waals surface area (Å²) >= 11 is 0. The zero-order chi connectivity index (χ0) is 22.0. The Hall–Kier alpha value is -3.14. The molecule has 1 saturated heterocycles. The minimum absolute atomic E-state index is 0.0492. The molecular weight excluding hydrogens is 406 g/mol. The van der Waals surface area contributed by atoms with E-state index in [0.717, 1.165) is 10.9 Å². The highest BCUT2D eigenvalue weighted by Crippen LogP contribution is 2.24. The van der Waals surface area contributed by atoms with Crippen LogP contribution in [0.15, 0.2) is 35.0 Å². The van der Waals surface area contributed by atoms with Crippen molar-refractivity contribution in [2.75, 3.05) is 32.0 Å². The first kappa shape index (κ1) is 21.1. The lowest BCUT2D eigenvalue weighted by molar-refractivity contribution is 0.0627. The Balaban J connectivity index is 1.41. The van der Waals surface area contributed by atoms with Crippen LogP contribution in [0.3, 0.4) is 0 Å². The van der Waals surface area contributed by atoms with Gasteiger partial charge in [0.25, 0.3) is 6.43 Å². The average Bonchev–Trinajstić information content (AvgIpc) is 3.19. The molecule has 1 fully saturated rings. The Labute approximate surface area is 178 Å². The minimum Gasteiger partial charge on any atom is -0.441 e. The predicted molar refractivity (Wildman–Crippen MR) is 112 cm³/mol. The maximum atomic E-state index is 12.6. The molecule has 10 heteroatoms. The van der Waals surface area contributed by atoms with Gasteiger partial charge in [-0.1, -0.05) is 12.1 Å². The van der Waals surface area contributed by atoms with Gasteiger partial charge in [0.2, 0.25) is 5.95 Å². The van der Waals surface area contributed by atoms with E-state index >= 15 is 0 Å². The van der Waals surface area contributed by atoms with Crippen LogP contribution < -0.4 is 5.32 Å². The van der Waals surface area contributed by atoms with E-state index in [9.17, 15) is 13.6 Å². The zero-order valence-corrected chi connectivity index (χ0v) is 17.4. The van der Waals surface area contributed by atoms with Gasteiger partial charge in [0.15, 0.2) is 11.7 Å². The average molecular weight is 430 g/mol. The number of likely N-dealkylation sites (tertiary alicyclic amines) is 1. The molecule has 4 rings (SSSR count). The molecular formula is C21H24F2N6O2. The molecule has 0 spiro atoms. The minimum atomic E-state index is -2.36. The van der Waals surface area contributed by atoms with E-state index in [1.54, 1.807) is 36.2 Å². The monoisotopic (exact) mass is 430 g/mol. The molecule has 1 aliphatic heterocycles. The summed E-state index contributed by atoms with van der Waals surface area (Å²) in [4.78, 5) is 28.7. The largest absolute Gasteiger partial charge is 0.441 e. The molecule has 164 valence electrons. The molecule has 2 amide bonds. The molecule has 1 aromatic carbocycles. The second-order valence-electron chi connectivity index (χ2n) is 7.69. The summed E-state index contributed by atoms with van der Waals surface area (Å²) in [7, 11) is 1.70. The highest BCUT2D eigenvalue weighted by atomic mass is 19.3. The SMILES string of the molecule is Cc1ncc(-c2ccc3cnc(NC(=O)N4CCC(N(C)CC(F)F)CC4)nc3c2)o1. The molecule has 31 heavy (non-hydrogen) atoms. The maximum absolute atomic E-state index is 12.6. The lowest BCUT2D eigenvalue weighted by atomic mass is 10.0. The topological polar surface area (TPSA) is 87.4 Å². The Morgan fingerprint density at radius 1 is 1.29 bits per heavy atom. The first-order valence-electron chi connectivity index (χ1n) is 10.1. The van der Waals surface area contributed by atoms with Crippen LogP contribution in [0, 0.1) is 6.92 Å². The van der Waals surface area contributed by atoms with Crippen molar-refractivity contribution in [3.8, 4) is 11.3 Å². The number of aryl methyl sites for hydroxylation is 1. The van der Waals surface area contributed by atoms with E-state index in [0.29, 0.717) is 43.1 Å². The Kier molecular flexibility index (Phi) is 6.08. The Morgan fingerprint density at radius 3 is 2.74 bits per heavy atom. The normalized spacial score (nSPS) is 15.2. The second-order valence-corrected chi connectivity index (χ2v) is 7.69. The van der Waals surface area contributed by atoms with Crippen molar-refractivity contribution < 1.29 is 18.0 Å². The number of oxazole rings is 1. The number of anilines is 1. The van der Waals surface area contributed by atoms with Gasteiger partial charge in [-0.2, -0.15) is 0 Å². The lowest BCUT2D eigenvalue weighted by Gasteiger charge is -2.36. The molecule has 8 nitrogen and oxygen atoms in total. The van der Waals surface area contributed by atoms with Crippen LogP contribution in [0.2, 0.25) is 0 Å². The van der Waals surface area contributed by atoms with Gasteiger partial charge in [-0.05, 0) is 26.0 Å². The smallest absolute Gasteiger partial charge is 0.324 e. The molecule has 0 aliphatic carbocycles. The molecule has 0 bridgehead atoms. The number of amides is 2. The van der Waals surface area contributed by atoms with E-state index in [-0.39, 0.29) is 24.6 Å². The number of hydrogen-bond donors (Lipinski definition) is 1. The summed E-state index contributed by atoms with van der Waals surface area (Å²) in [6.45, 7) is 2.51. The van der Waals surface area contributed by atoms with Gasteiger partial charge in [-0.15, -0.1) is 0 Å². The highest BCUT2D eigenvalue weighted by Gasteiger charge is 2.26. The van der Waals surface area contributed by atoms with Crippen LogP contribution in [0.25, 0.3) is 22.2 Å². The summed E-state index contributed by atoms with van der Waals surface area (Å²) in [5, 5.41) is 3.57. The summed E-state index contributed by atoms with van der Waals surface area (Å²) in [5.74, 6) is 1.43. The van der Waals surface area contributed by atoms with E-state index in [1.807, 2.05) is 18.2 Å². The van der Waals surface area contributed by atoms with Gasteiger partial charge in [-0.25, -0.2) is 28.5 Å². The number of nitrogens with one attached hydrogen (secondary N) is 1. The fraction of sp³-hybridized carbons (Fsp3) is 0.429. The summed E-state index contributed by atoms with van der Waals surface area (Å²) in [6.07, 6.45) is 2.25. The molecule has 1 aliphatic rings. The third-order valence-electron chi connectivity index (χ3n) is 5.51. The highest BCUT2D eigenvalue weighted by molar-refractivity contribution is 5.89. The van der Waals surface area contributed by atoms with Crippen molar-refractivity contribution in [3.05, 3.63) is 36.5 Å². The first-order valence-corrected chi connectivity index (χ1v) is 10.1. The number of piperidine rings is 1. The van der Waals surface area contributed by atoms with Crippen LogP contribution in [-0.4, -0.2) is 69.9 Å². The van der Waals surface area contributed by atoms with Gasteiger partial charge in [0.1, 0.15) is 0 Å². The molecule has 0 radical (unpaired) electrons. The number of rotatable bonds is 5. The van der Waals surface area contributed by atoms with Crippen molar-refractivity contribution in [1.82, 2.24) is 24.8 Å². The third kappa shape index (κ3) is 4.96. The van der Waals surface area contributed by atoms with Crippen LogP contribution in [0.5, 0.6) is 0 Å². The molecule has 0 saturated carbocycles. The Morgan fingerprint density at radius 2 is 2.06 bits per heavy atom. The van der Waals surface area contributed by atoms with Crippen molar-refractivity contribution in [2.45, 2.75) is 32.2 Å². The standard InChI is InChI=1S/C21H24F2N6O2/c1-13-24-11-18(31-13)14-3-4-15-10-25-20(26-17(15)9-14)27-21(30)29-7-5-16(6-8-29)28(2)12-19(22)23/h3-4,9-11,16,19H,5-8,12H2,1-2H3,(H,25,26,27,30). The number of carbonyl (C=O) groups is 1. The van der Waals surface area contributed by atoms with Crippen molar-refractivity contribution in [2.24, 2.45) is 0 Å². The summed E-state index contributed by atoms with van der Waals surface area (Å²) < 4.78 is 30.7. The molecule has 0 atom stereocenters. The van der Waals surface area contributed by atoms with Crippen molar-refractivity contribution >= 4 is 22.9 Å². The number of hydrogen-bond acceptors (Lipinski definition) is 6. The molecule has 0 unspecified atom stereocenters. The number of halogens is 2. The third-order valence-corrected chi connectivity index (χ3v) is 5.51. The number of nitrogens with zero attached hydrogens (tertiary/aromatic N) is 5. The van der Waals surface area contributed by atoms with E-state index in [1.165, 1.54) is 0 Å². The van der Waals surface area contributed by atoms with Gasteiger partial charge in [-0.3, -0.25) is 10.2 Å². The van der Waals surface area contributed by atoms with Crippen LogP contribution in [0.4, 0.5) is 19.5 Å². The number of aromatic nitrogens is 3. The van der Waals surface area contributed by atoms with Crippen LogP contribution in [0.1, 0.15) is 18.7 Å². The van der Waals surface area contributed by atoms with Crippen molar-refractivity contribution in [1.29, 1.82) is 0 Å². The number of fused-ring (bicyclic) bond motifs is 1. The van der Waals surface area contributed by atoms with Crippen LogP contribution >= 0.6 is 0 Å². The van der Waals surface area contributed by atoms with Gasteiger partial charge < -0.3 is 9.32 Å². The van der Waals surface area contributed by atoms with E-state index in [2.05, 4.69) is 20.3 Å². The summed E-state index contributed by atoms with van der Waals surface area (Å²) in [5.41, 5.74) is 1.50. The zero-order valence-electron chi connectivity index (χ0n) is 17.4.